The summed E-state index contributed by atoms with van der Waals surface area (Å²) in [7, 11) is 0. The third-order valence-corrected chi connectivity index (χ3v) is 4.75. The molecule has 6 heteroatoms. The summed E-state index contributed by atoms with van der Waals surface area (Å²) < 4.78 is 43.4. The lowest BCUT2D eigenvalue weighted by Crippen LogP contribution is -2.22. The van der Waals surface area contributed by atoms with Crippen molar-refractivity contribution >= 4 is 0 Å². The Morgan fingerprint density at radius 1 is 0.690 bits per heavy atom. The minimum atomic E-state index is -0.754. The molecule has 0 aliphatic carbocycles. The Morgan fingerprint density at radius 2 is 1.14 bits per heavy atom. The van der Waals surface area contributed by atoms with Gasteiger partial charge in [-0.2, -0.15) is 8.78 Å². The van der Waals surface area contributed by atoms with Crippen LogP contribution in [0.25, 0.3) is 22.5 Å². The molecule has 0 saturated heterocycles. The second-order valence-corrected chi connectivity index (χ2v) is 7.00. The molecule has 0 bridgehead atoms. The van der Waals surface area contributed by atoms with E-state index in [2.05, 4.69) is 19.9 Å². The predicted molar refractivity (Wildman–Crippen MR) is 107 cm³/mol. The van der Waals surface area contributed by atoms with Crippen molar-refractivity contribution in [1.82, 2.24) is 19.9 Å². The molecule has 0 N–H and O–H groups in total. The van der Waals surface area contributed by atoms with Crippen molar-refractivity contribution in [3.63, 3.8) is 0 Å². The summed E-state index contributed by atoms with van der Waals surface area (Å²) in [6.45, 7) is 3.85. The Hall–Kier alpha value is -3.54. The van der Waals surface area contributed by atoms with Gasteiger partial charge in [-0.05, 0) is 62.4 Å². The maximum Gasteiger partial charge on any atom is 0.222 e. The topological polar surface area (TPSA) is 51.6 Å². The van der Waals surface area contributed by atoms with Crippen LogP contribution in [0, 0.1) is 11.9 Å². The molecule has 0 unspecified atom stereocenters. The molecule has 4 heterocycles. The van der Waals surface area contributed by atoms with E-state index in [1.165, 1.54) is 24.3 Å². The van der Waals surface area contributed by atoms with Gasteiger partial charge in [-0.1, -0.05) is 12.1 Å². The monoisotopic (exact) mass is 390 g/mol. The van der Waals surface area contributed by atoms with Crippen LogP contribution in [0.15, 0.2) is 73.0 Å². The number of rotatable bonds is 4. The van der Waals surface area contributed by atoms with Crippen LogP contribution >= 0.6 is 0 Å². The molecule has 0 amide bonds. The molecule has 4 aromatic rings. The molecule has 4 rings (SSSR count). The number of pyridine rings is 4. The Bertz CT molecular complexity index is 1180. The van der Waals surface area contributed by atoms with E-state index in [4.69, 9.17) is 2.74 Å². The highest BCUT2D eigenvalue weighted by Gasteiger charge is 2.27. The molecule has 0 saturated carbocycles. The summed E-state index contributed by atoms with van der Waals surface area (Å²) in [5, 5.41) is 0. The summed E-state index contributed by atoms with van der Waals surface area (Å²) in [5.74, 6) is -1.51. The minimum absolute atomic E-state index is 0.154. The maximum absolute atomic E-state index is 14.3. The van der Waals surface area contributed by atoms with E-state index in [0.717, 1.165) is 0 Å². The van der Waals surface area contributed by atoms with E-state index in [-0.39, 0.29) is 23.5 Å². The van der Waals surface area contributed by atoms with Gasteiger partial charge in [0.15, 0.2) is 0 Å². The van der Waals surface area contributed by atoms with Gasteiger partial charge in [-0.25, -0.2) is 9.97 Å². The van der Waals surface area contributed by atoms with Crippen molar-refractivity contribution < 1.29 is 11.5 Å². The number of halogens is 2. The highest BCUT2D eigenvalue weighted by atomic mass is 19.1. The highest BCUT2D eigenvalue weighted by Crippen LogP contribution is 2.32. The summed E-state index contributed by atoms with van der Waals surface area (Å²) in [5.41, 5.74) is 1.82. The third-order valence-electron chi connectivity index (χ3n) is 4.75. The van der Waals surface area contributed by atoms with E-state index < -0.39 is 17.3 Å². The molecule has 0 fully saturated rings. The van der Waals surface area contributed by atoms with Crippen LogP contribution in [0.3, 0.4) is 0 Å². The van der Waals surface area contributed by atoms with Gasteiger partial charge in [-0.3, -0.25) is 9.97 Å². The largest absolute Gasteiger partial charge is 0.252 e. The van der Waals surface area contributed by atoms with Crippen LogP contribution in [0.2, 0.25) is 0 Å². The Labute approximate surface area is 170 Å². The van der Waals surface area contributed by atoms with E-state index in [1.807, 2.05) is 26.0 Å². The van der Waals surface area contributed by atoms with Gasteiger partial charge in [0.1, 0.15) is 0 Å². The zero-order valence-electron chi connectivity index (χ0n) is 17.8. The molecule has 29 heavy (non-hydrogen) atoms. The zero-order chi connectivity index (χ0) is 22.2. The predicted octanol–water partition coefficient (Wildman–Crippen LogP) is 5.20. The van der Waals surface area contributed by atoms with Crippen LogP contribution in [0.5, 0.6) is 0 Å². The summed E-state index contributed by atoms with van der Waals surface area (Å²) in [6, 6.07) is 16.3. The lowest BCUT2D eigenvalue weighted by atomic mass is 9.84. The van der Waals surface area contributed by atoms with E-state index in [9.17, 15) is 8.78 Å². The Morgan fingerprint density at radius 3 is 1.55 bits per heavy atom. The van der Waals surface area contributed by atoms with Crippen LogP contribution in [0.1, 0.15) is 28.0 Å². The molecule has 4 nitrogen and oxygen atoms in total. The standard InChI is InChI=1S/C23H18F2N4/c1-23(2,19-11-3-9-17(28-19)15-7-5-13-26-21(15)24)20-12-4-10-18(29-20)16-8-6-14-27-22(16)25/h3-14H,1-2H3/i13D,14D. The Balaban J connectivity index is 1.75. The number of nitrogens with zero attached hydrogens (tertiary/aromatic N) is 4. The molecule has 0 spiro atoms. The summed E-state index contributed by atoms with van der Waals surface area (Å²) in [6.07, 6.45) is -0.308. The lowest BCUT2D eigenvalue weighted by molar-refractivity contribution is 0.581. The SMILES string of the molecule is [2H]c1ccc(-c2cccc(C(C)(C)c3cccc(-c4ccc([2H])nc4F)n3)n2)c(F)n1. The first kappa shape index (κ1) is 16.4. The zero-order valence-corrected chi connectivity index (χ0v) is 15.8. The first-order valence-electron chi connectivity index (χ1n) is 9.98. The normalized spacial score (nSPS) is 12.4. The minimum Gasteiger partial charge on any atom is -0.252 e. The number of hydrogen-bond acceptors (Lipinski definition) is 4. The quantitative estimate of drug-likeness (QED) is 0.449. The smallest absolute Gasteiger partial charge is 0.222 e. The first-order valence-corrected chi connectivity index (χ1v) is 8.98. The summed E-state index contributed by atoms with van der Waals surface area (Å²) >= 11 is 0. The fourth-order valence-corrected chi connectivity index (χ4v) is 3.07. The molecular weight excluding hydrogens is 370 g/mol. The van der Waals surface area contributed by atoms with Gasteiger partial charge in [0.05, 0.1) is 36.6 Å². The van der Waals surface area contributed by atoms with Gasteiger partial charge in [-0.15, -0.1) is 0 Å². The fourth-order valence-electron chi connectivity index (χ4n) is 3.07. The molecule has 144 valence electrons. The number of aromatic nitrogens is 4. The van der Waals surface area contributed by atoms with Gasteiger partial charge in [0.25, 0.3) is 0 Å². The molecule has 0 atom stereocenters. The molecular formula is C23H18F2N4. The van der Waals surface area contributed by atoms with E-state index in [0.29, 0.717) is 22.8 Å². The van der Waals surface area contributed by atoms with Crippen LogP contribution in [-0.4, -0.2) is 19.9 Å². The fraction of sp³-hybridized carbons (Fsp3) is 0.130. The molecule has 0 aliphatic heterocycles. The lowest BCUT2D eigenvalue weighted by Gasteiger charge is -2.24. The molecule has 0 aromatic carbocycles. The van der Waals surface area contributed by atoms with E-state index in [1.54, 1.807) is 24.3 Å². The molecule has 0 aliphatic rings. The van der Waals surface area contributed by atoms with Crippen molar-refractivity contribution in [1.29, 1.82) is 0 Å². The van der Waals surface area contributed by atoms with Crippen molar-refractivity contribution in [2.45, 2.75) is 19.3 Å². The third kappa shape index (κ3) is 3.61. The van der Waals surface area contributed by atoms with Gasteiger partial charge in [0, 0.05) is 17.8 Å². The van der Waals surface area contributed by atoms with Crippen LogP contribution in [0.4, 0.5) is 8.78 Å². The van der Waals surface area contributed by atoms with Crippen molar-refractivity contribution in [3.05, 3.63) is 96.3 Å². The van der Waals surface area contributed by atoms with Gasteiger partial charge in [0.2, 0.25) is 11.9 Å². The highest BCUT2D eigenvalue weighted by molar-refractivity contribution is 5.60. The number of hydrogen-bond donors (Lipinski definition) is 0. The maximum atomic E-state index is 14.3. The van der Waals surface area contributed by atoms with Crippen molar-refractivity contribution in [2.75, 3.05) is 0 Å². The average molecular weight is 390 g/mol. The second kappa shape index (κ2) is 7.47. The van der Waals surface area contributed by atoms with Gasteiger partial charge < -0.3 is 0 Å². The second-order valence-electron chi connectivity index (χ2n) is 7.00. The molecule has 4 aromatic heterocycles. The van der Waals surface area contributed by atoms with Crippen molar-refractivity contribution in [3.8, 4) is 22.5 Å². The average Bonchev–Trinajstić information content (AvgIpc) is 2.74. The van der Waals surface area contributed by atoms with E-state index >= 15 is 0 Å². The summed E-state index contributed by atoms with van der Waals surface area (Å²) in [4.78, 5) is 16.3. The first-order chi connectivity index (χ1) is 14.8. The Kier molecular flexibility index (Phi) is 4.23. The molecule has 0 radical (unpaired) electrons. The van der Waals surface area contributed by atoms with Gasteiger partial charge >= 0.3 is 0 Å². The van der Waals surface area contributed by atoms with Crippen LogP contribution in [-0.2, 0) is 5.41 Å². The van der Waals surface area contributed by atoms with Crippen molar-refractivity contribution in [2.24, 2.45) is 0 Å². The van der Waals surface area contributed by atoms with Crippen LogP contribution < -0.4 is 0 Å².